The van der Waals surface area contributed by atoms with Gasteiger partial charge in [-0.15, -0.1) is 0 Å². The first-order chi connectivity index (χ1) is 15.1. The molecule has 3 rings (SSSR count). The van der Waals surface area contributed by atoms with Crippen molar-refractivity contribution in [1.82, 2.24) is 30.3 Å². The molecule has 2 aromatic rings. The fourth-order valence-electron chi connectivity index (χ4n) is 3.52. The van der Waals surface area contributed by atoms with Gasteiger partial charge in [0.2, 0.25) is 0 Å². The molecule has 0 radical (unpaired) electrons. The molecule has 1 aliphatic rings. The van der Waals surface area contributed by atoms with Crippen molar-refractivity contribution in [2.45, 2.75) is 45.0 Å². The van der Waals surface area contributed by atoms with E-state index in [0.717, 1.165) is 62.3 Å². The van der Waals surface area contributed by atoms with Crippen LogP contribution in [0.5, 0.6) is 5.75 Å². The Morgan fingerprint density at radius 2 is 2.10 bits per heavy atom. The lowest BCUT2D eigenvalue weighted by Crippen LogP contribution is -2.46. The maximum atomic E-state index is 5.80. The Labute approximate surface area is 184 Å². The Morgan fingerprint density at radius 1 is 1.29 bits per heavy atom. The molecule has 0 saturated heterocycles. The molecule has 1 unspecified atom stereocenters. The van der Waals surface area contributed by atoms with Gasteiger partial charge in [0, 0.05) is 39.7 Å². The van der Waals surface area contributed by atoms with E-state index in [2.05, 4.69) is 56.8 Å². The van der Waals surface area contributed by atoms with E-state index in [-0.39, 0.29) is 6.04 Å². The van der Waals surface area contributed by atoms with Crippen LogP contribution >= 0.6 is 0 Å². The molecule has 0 spiro atoms. The number of benzene rings is 1. The second-order valence-electron chi connectivity index (χ2n) is 8.01. The van der Waals surface area contributed by atoms with Crippen LogP contribution < -0.4 is 15.4 Å². The molecular formula is C22H35N7O2. The number of methoxy groups -OCH3 is 1. The molecule has 0 saturated carbocycles. The van der Waals surface area contributed by atoms with E-state index in [1.165, 1.54) is 5.56 Å². The highest BCUT2D eigenvalue weighted by Gasteiger charge is 2.22. The third-order valence-electron chi connectivity index (χ3n) is 5.14. The molecule has 31 heavy (non-hydrogen) atoms. The Kier molecular flexibility index (Phi) is 8.66. The number of hydrogen-bond acceptors (Lipinski definition) is 6. The first kappa shape index (κ1) is 23.0. The predicted octanol–water partition coefficient (Wildman–Crippen LogP) is 1.44. The number of nitrogens with one attached hydrogen (secondary N) is 2. The summed E-state index contributed by atoms with van der Waals surface area (Å²) >= 11 is 0. The molecular weight excluding hydrogens is 394 g/mol. The van der Waals surface area contributed by atoms with Gasteiger partial charge in [-0.3, -0.25) is 4.99 Å². The third-order valence-corrected chi connectivity index (χ3v) is 5.14. The van der Waals surface area contributed by atoms with Crippen molar-refractivity contribution in [3.8, 4) is 5.75 Å². The average Bonchev–Trinajstić information content (AvgIpc) is 3.17. The van der Waals surface area contributed by atoms with Crippen LogP contribution in [0.4, 0.5) is 0 Å². The van der Waals surface area contributed by atoms with Crippen molar-refractivity contribution in [2.24, 2.45) is 4.99 Å². The molecule has 0 aliphatic carbocycles. The van der Waals surface area contributed by atoms with Gasteiger partial charge in [-0.1, -0.05) is 12.1 Å². The van der Waals surface area contributed by atoms with Gasteiger partial charge in [-0.2, -0.15) is 5.10 Å². The zero-order chi connectivity index (χ0) is 22.1. The molecule has 1 aromatic carbocycles. The number of rotatable bonds is 10. The van der Waals surface area contributed by atoms with E-state index in [4.69, 9.17) is 9.47 Å². The monoisotopic (exact) mass is 429 g/mol. The minimum atomic E-state index is 0.258. The fourth-order valence-corrected chi connectivity index (χ4v) is 3.52. The van der Waals surface area contributed by atoms with Crippen LogP contribution in [0.15, 0.2) is 29.3 Å². The van der Waals surface area contributed by atoms with Crippen LogP contribution in [-0.4, -0.2) is 73.1 Å². The van der Waals surface area contributed by atoms with E-state index in [1.54, 1.807) is 14.2 Å². The van der Waals surface area contributed by atoms with Crippen molar-refractivity contribution in [2.75, 3.05) is 41.4 Å². The smallest absolute Gasteiger partial charge is 0.191 e. The van der Waals surface area contributed by atoms with Crippen molar-refractivity contribution in [3.05, 3.63) is 41.5 Å². The zero-order valence-corrected chi connectivity index (χ0v) is 19.1. The standard InChI is InChI=1S/C22H35N7O2/c1-23-22(25-18-8-11-21-26-20(16-30-4)27-29(21)15-18)24-14-17-6-9-19(10-7-17)31-13-5-12-28(2)3/h6-7,9-10,18H,5,8,11-16H2,1-4H3,(H2,23,24,25). The molecule has 9 nitrogen and oxygen atoms in total. The van der Waals surface area contributed by atoms with Crippen LogP contribution in [0.2, 0.25) is 0 Å². The van der Waals surface area contributed by atoms with Crippen molar-refractivity contribution in [3.63, 3.8) is 0 Å². The average molecular weight is 430 g/mol. The molecule has 1 aromatic heterocycles. The molecule has 2 N–H and O–H groups in total. The summed E-state index contributed by atoms with van der Waals surface area (Å²) in [6, 6.07) is 8.47. The van der Waals surface area contributed by atoms with Crippen LogP contribution in [-0.2, 0) is 30.9 Å². The van der Waals surface area contributed by atoms with E-state index in [1.807, 2.05) is 16.8 Å². The van der Waals surface area contributed by atoms with Crippen LogP contribution in [0.1, 0.15) is 30.1 Å². The molecule has 0 bridgehead atoms. The number of aryl methyl sites for hydroxylation is 1. The van der Waals surface area contributed by atoms with Gasteiger partial charge in [-0.25, -0.2) is 9.67 Å². The maximum absolute atomic E-state index is 5.80. The maximum Gasteiger partial charge on any atom is 0.191 e. The normalized spacial score (nSPS) is 16.3. The number of guanidine groups is 1. The number of hydrogen-bond donors (Lipinski definition) is 2. The van der Waals surface area contributed by atoms with Gasteiger partial charge in [0.05, 0.1) is 13.2 Å². The quantitative estimate of drug-likeness (QED) is 0.336. The highest BCUT2D eigenvalue weighted by Crippen LogP contribution is 2.14. The Balaban J connectivity index is 1.43. The fraction of sp³-hybridized carbons (Fsp3) is 0.591. The van der Waals surface area contributed by atoms with E-state index >= 15 is 0 Å². The van der Waals surface area contributed by atoms with Crippen molar-refractivity contribution >= 4 is 5.96 Å². The number of aliphatic imine (C=N–C) groups is 1. The largest absolute Gasteiger partial charge is 0.494 e. The third kappa shape index (κ3) is 7.22. The summed E-state index contributed by atoms with van der Waals surface area (Å²) in [6.07, 6.45) is 2.90. The summed E-state index contributed by atoms with van der Waals surface area (Å²) in [5.74, 6) is 3.46. The van der Waals surface area contributed by atoms with Gasteiger partial charge in [-0.05, 0) is 44.6 Å². The second-order valence-corrected chi connectivity index (χ2v) is 8.01. The van der Waals surface area contributed by atoms with Crippen LogP contribution in [0, 0.1) is 0 Å². The summed E-state index contributed by atoms with van der Waals surface area (Å²) in [7, 11) is 7.60. The van der Waals surface area contributed by atoms with Gasteiger partial charge >= 0.3 is 0 Å². The molecule has 0 fully saturated rings. The molecule has 0 amide bonds. The number of ether oxygens (including phenoxy) is 2. The minimum absolute atomic E-state index is 0.258. The summed E-state index contributed by atoms with van der Waals surface area (Å²) < 4.78 is 12.9. The van der Waals surface area contributed by atoms with Crippen LogP contribution in [0.3, 0.4) is 0 Å². The van der Waals surface area contributed by atoms with Gasteiger partial charge in [0.15, 0.2) is 11.8 Å². The first-order valence-corrected chi connectivity index (χ1v) is 10.8. The number of fused-ring (bicyclic) bond motifs is 1. The molecule has 2 heterocycles. The highest BCUT2D eigenvalue weighted by atomic mass is 16.5. The molecule has 9 heteroatoms. The summed E-state index contributed by atoms with van der Waals surface area (Å²) in [6.45, 7) is 3.67. The molecule has 1 atom stereocenters. The van der Waals surface area contributed by atoms with Crippen molar-refractivity contribution < 1.29 is 9.47 Å². The first-order valence-electron chi connectivity index (χ1n) is 10.8. The van der Waals surface area contributed by atoms with Crippen LogP contribution in [0.25, 0.3) is 0 Å². The lowest BCUT2D eigenvalue weighted by Gasteiger charge is -2.25. The zero-order valence-electron chi connectivity index (χ0n) is 19.1. The van der Waals surface area contributed by atoms with Gasteiger partial charge < -0.3 is 25.0 Å². The topological polar surface area (TPSA) is 88.8 Å². The Morgan fingerprint density at radius 3 is 2.81 bits per heavy atom. The van der Waals surface area contributed by atoms with Crippen molar-refractivity contribution in [1.29, 1.82) is 0 Å². The highest BCUT2D eigenvalue weighted by molar-refractivity contribution is 5.79. The lowest BCUT2D eigenvalue weighted by atomic mass is 10.1. The number of nitrogens with zero attached hydrogens (tertiary/aromatic N) is 5. The van der Waals surface area contributed by atoms with E-state index in [9.17, 15) is 0 Å². The Hall–Kier alpha value is -2.65. The molecule has 170 valence electrons. The van der Waals surface area contributed by atoms with E-state index < -0.39 is 0 Å². The lowest BCUT2D eigenvalue weighted by molar-refractivity contribution is 0.177. The summed E-state index contributed by atoms with van der Waals surface area (Å²) in [5.41, 5.74) is 1.18. The second kappa shape index (κ2) is 11.7. The predicted molar refractivity (Wildman–Crippen MR) is 121 cm³/mol. The van der Waals surface area contributed by atoms with Gasteiger partial charge in [0.1, 0.15) is 18.2 Å². The SMILES string of the molecule is CN=C(NCc1ccc(OCCCN(C)C)cc1)NC1CCc2nc(COC)nn2C1. The Bertz CT molecular complexity index is 833. The van der Waals surface area contributed by atoms with Gasteiger partial charge in [0.25, 0.3) is 0 Å². The summed E-state index contributed by atoms with van der Waals surface area (Å²) in [4.78, 5) is 11.1. The van der Waals surface area contributed by atoms with E-state index in [0.29, 0.717) is 13.2 Å². The minimum Gasteiger partial charge on any atom is -0.494 e. The summed E-state index contributed by atoms with van der Waals surface area (Å²) in [5, 5.41) is 11.4. The number of aromatic nitrogens is 3. The molecule has 1 aliphatic heterocycles.